The van der Waals surface area contributed by atoms with Crippen LogP contribution in [-0.2, 0) is 25.7 Å². The minimum atomic E-state index is -0.542. The lowest BCUT2D eigenvalue weighted by atomic mass is 10.1. The molecule has 1 saturated heterocycles. The standard InChI is InChI=1S/C16H22N2O5/c1-16(2,3)17-13(19)10-23-15(21)11-7-14(20)18(8-11)9-12-5-4-6-22-12/h4-6,11H,7-10H2,1-3H3,(H,17,19)/t11-/m1/s1. The van der Waals surface area contributed by atoms with Crippen molar-refractivity contribution in [2.75, 3.05) is 13.2 Å². The van der Waals surface area contributed by atoms with Crippen LogP contribution < -0.4 is 5.32 Å². The molecule has 1 N–H and O–H groups in total. The number of ether oxygens (including phenoxy) is 1. The first-order chi connectivity index (χ1) is 10.7. The number of likely N-dealkylation sites (tertiary alicyclic amines) is 1. The molecule has 1 atom stereocenters. The summed E-state index contributed by atoms with van der Waals surface area (Å²) in [5.41, 5.74) is -0.382. The molecule has 0 aliphatic carbocycles. The summed E-state index contributed by atoms with van der Waals surface area (Å²) in [6, 6.07) is 3.52. The van der Waals surface area contributed by atoms with Crippen molar-refractivity contribution in [1.82, 2.24) is 10.2 Å². The van der Waals surface area contributed by atoms with Gasteiger partial charge in [0, 0.05) is 18.5 Å². The van der Waals surface area contributed by atoms with E-state index in [9.17, 15) is 14.4 Å². The molecular formula is C16H22N2O5. The maximum atomic E-state index is 12.0. The van der Waals surface area contributed by atoms with Crippen LogP contribution in [0.1, 0.15) is 33.0 Å². The fraction of sp³-hybridized carbons (Fsp3) is 0.562. The van der Waals surface area contributed by atoms with Gasteiger partial charge in [-0.25, -0.2) is 0 Å². The fourth-order valence-electron chi connectivity index (χ4n) is 2.38. The molecule has 1 aromatic rings. The first-order valence-corrected chi connectivity index (χ1v) is 7.52. The zero-order valence-electron chi connectivity index (χ0n) is 13.6. The van der Waals surface area contributed by atoms with Crippen molar-refractivity contribution >= 4 is 17.8 Å². The maximum Gasteiger partial charge on any atom is 0.311 e. The van der Waals surface area contributed by atoms with Crippen molar-refractivity contribution in [3.8, 4) is 0 Å². The van der Waals surface area contributed by atoms with Crippen molar-refractivity contribution < 1.29 is 23.5 Å². The number of nitrogens with zero attached hydrogens (tertiary/aromatic N) is 1. The Balaban J connectivity index is 1.80. The van der Waals surface area contributed by atoms with Gasteiger partial charge in [-0.05, 0) is 32.9 Å². The first-order valence-electron chi connectivity index (χ1n) is 7.52. The normalized spacial score (nSPS) is 18.1. The summed E-state index contributed by atoms with van der Waals surface area (Å²) in [5.74, 6) is -0.883. The van der Waals surface area contributed by atoms with E-state index in [0.717, 1.165) is 0 Å². The summed E-state index contributed by atoms with van der Waals surface area (Å²) in [7, 11) is 0. The highest BCUT2D eigenvalue weighted by Crippen LogP contribution is 2.21. The third kappa shape index (κ3) is 5.12. The lowest BCUT2D eigenvalue weighted by Gasteiger charge is -2.20. The maximum absolute atomic E-state index is 12.0. The van der Waals surface area contributed by atoms with Crippen molar-refractivity contribution in [2.24, 2.45) is 5.92 Å². The Morgan fingerprint density at radius 1 is 1.43 bits per heavy atom. The van der Waals surface area contributed by atoms with Crippen LogP contribution in [0.25, 0.3) is 0 Å². The average Bonchev–Trinajstić information content (AvgIpc) is 3.05. The lowest BCUT2D eigenvalue weighted by molar-refractivity contribution is -0.152. The number of carbonyl (C=O) groups excluding carboxylic acids is 3. The molecule has 1 aromatic heterocycles. The van der Waals surface area contributed by atoms with Gasteiger partial charge >= 0.3 is 5.97 Å². The van der Waals surface area contributed by atoms with E-state index in [4.69, 9.17) is 9.15 Å². The van der Waals surface area contributed by atoms with Crippen LogP contribution >= 0.6 is 0 Å². The minimum Gasteiger partial charge on any atom is -0.467 e. The van der Waals surface area contributed by atoms with E-state index in [2.05, 4.69) is 5.32 Å². The summed E-state index contributed by atoms with van der Waals surface area (Å²) in [5, 5.41) is 2.71. The molecule has 2 heterocycles. The number of amides is 2. The second-order valence-electron chi connectivity index (χ2n) is 6.66. The van der Waals surface area contributed by atoms with Gasteiger partial charge in [0.15, 0.2) is 6.61 Å². The zero-order valence-corrected chi connectivity index (χ0v) is 13.6. The topological polar surface area (TPSA) is 88.8 Å². The molecule has 23 heavy (non-hydrogen) atoms. The van der Waals surface area contributed by atoms with Crippen LogP contribution in [0.4, 0.5) is 0 Å². The highest BCUT2D eigenvalue weighted by molar-refractivity contribution is 5.88. The molecule has 0 radical (unpaired) electrons. The van der Waals surface area contributed by atoms with Crippen LogP contribution in [0.2, 0.25) is 0 Å². The van der Waals surface area contributed by atoms with Crippen LogP contribution in [0.15, 0.2) is 22.8 Å². The van der Waals surface area contributed by atoms with Gasteiger partial charge < -0.3 is 19.4 Å². The second-order valence-corrected chi connectivity index (χ2v) is 6.66. The van der Waals surface area contributed by atoms with Gasteiger partial charge in [-0.2, -0.15) is 0 Å². The molecule has 7 nitrogen and oxygen atoms in total. The highest BCUT2D eigenvalue weighted by atomic mass is 16.5. The quantitative estimate of drug-likeness (QED) is 0.820. The third-order valence-electron chi connectivity index (χ3n) is 3.33. The molecule has 0 spiro atoms. The van der Waals surface area contributed by atoms with Gasteiger partial charge in [-0.15, -0.1) is 0 Å². The van der Waals surface area contributed by atoms with Gasteiger partial charge in [-0.3, -0.25) is 14.4 Å². The van der Waals surface area contributed by atoms with Crippen LogP contribution in [0, 0.1) is 5.92 Å². The van der Waals surface area contributed by atoms with E-state index in [1.165, 1.54) is 6.26 Å². The Hall–Kier alpha value is -2.31. The molecule has 0 bridgehead atoms. The molecule has 126 valence electrons. The Labute approximate surface area is 135 Å². The SMILES string of the molecule is CC(C)(C)NC(=O)COC(=O)[C@@H]1CC(=O)N(Cc2ccco2)C1. The van der Waals surface area contributed by atoms with E-state index in [1.807, 2.05) is 20.8 Å². The monoisotopic (exact) mass is 322 g/mol. The van der Waals surface area contributed by atoms with Crippen LogP contribution in [0.3, 0.4) is 0 Å². The number of hydrogen-bond acceptors (Lipinski definition) is 5. The highest BCUT2D eigenvalue weighted by Gasteiger charge is 2.36. The van der Waals surface area contributed by atoms with Crippen molar-refractivity contribution in [2.45, 2.75) is 39.3 Å². The van der Waals surface area contributed by atoms with E-state index in [-0.39, 0.29) is 36.9 Å². The van der Waals surface area contributed by atoms with Gasteiger partial charge in [0.1, 0.15) is 5.76 Å². The minimum absolute atomic E-state index is 0.0977. The number of furan rings is 1. The molecule has 1 aliphatic rings. The summed E-state index contributed by atoms with van der Waals surface area (Å²) < 4.78 is 10.2. The molecule has 0 unspecified atom stereocenters. The number of hydrogen-bond donors (Lipinski definition) is 1. The summed E-state index contributed by atoms with van der Waals surface area (Å²) in [4.78, 5) is 37.1. The molecule has 0 aromatic carbocycles. The van der Waals surface area contributed by atoms with E-state index < -0.39 is 11.9 Å². The van der Waals surface area contributed by atoms with Gasteiger partial charge in [0.05, 0.1) is 18.7 Å². The molecule has 2 rings (SSSR count). The molecular weight excluding hydrogens is 300 g/mol. The van der Waals surface area contributed by atoms with E-state index in [0.29, 0.717) is 12.3 Å². The first kappa shape index (κ1) is 17.1. The van der Waals surface area contributed by atoms with Crippen molar-refractivity contribution in [3.63, 3.8) is 0 Å². The Morgan fingerprint density at radius 2 is 2.17 bits per heavy atom. The van der Waals surface area contributed by atoms with E-state index in [1.54, 1.807) is 17.0 Å². The lowest BCUT2D eigenvalue weighted by Crippen LogP contribution is -2.43. The Kier molecular flexibility index (Phi) is 5.08. The van der Waals surface area contributed by atoms with Gasteiger partial charge in [-0.1, -0.05) is 0 Å². The molecule has 0 saturated carbocycles. The number of rotatable bonds is 5. The molecule has 1 fully saturated rings. The van der Waals surface area contributed by atoms with Crippen molar-refractivity contribution in [1.29, 1.82) is 0 Å². The van der Waals surface area contributed by atoms with Crippen molar-refractivity contribution in [3.05, 3.63) is 24.2 Å². The van der Waals surface area contributed by atoms with E-state index >= 15 is 0 Å². The molecule has 1 aliphatic heterocycles. The Morgan fingerprint density at radius 3 is 2.78 bits per heavy atom. The molecule has 7 heteroatoms. The third-order valence-corrected chi connectivity index (χ3v) is 3.33. The fourth-order valence-corrected chi connectivity index (χ4v) is 2.38. The average molecular weight is 322 g/mol. The van der Waals surface area contributed by atoms with Crippen LogP contribution in [0.5, 0.6) is 0 Å². The van der Waals surface area contributed by atoms with Gasteiger partial charge in [0.25, 0.3) is 5.91 Å². The Bertz CT molecular complexity index is 574. The van der Waals surface area contributed by atoms with Gasteiger partial charge in [0.2, 0.25) is 5.91 Å². The predicted molar refractivity (Wildman–Crippen MR) is 81.1 cm³/mol. The number of carbonyl (C=O) groups is 3. The second kappa shape index (κ2) is 6.85. The summed E-state index contributed by atoms with van der Waals surface area (Å²) in [6.45, 7) is 5.80. The largest absolute Gasteiger partial charge is 0.467 e. The summed E-state index contributed by atoms with van der Waals surface area (Å²) in [6.07, 6.45) is 1.63. The number of esters is 1. The smallest absolute Gasteiger partial charge is 0.311 e. The number of nitrogens with one attached hydrogen (secondary N) is 1. The summed E-state index contributed by atoms with van der Waals surface area (Å²) >= 11 is 0. The molecule has 2 amide bonds. The van der Waals surface area contributed by atoms with Crippen LogP contribution in [-0.4, -0.2) is 41.4 Å². The predicted octanol–water partition coefficient (Wildman–Crippen LogP) is 1.09. The zero-order chi connectivity index (χ0) is 17.0.